The minimum absolute atomic E-state index is 0.274. The van der Waals surface area contributed by atoms with Gasteiger partial charge in [0.2, 0.25) is 5.91 Å². The van der Waals surface area contributed by atoms with E-state index in [9.17, 15) is 4.79 Å². The van der Waals surface area contributed by atoms with Crippen LogP contribution in [-0.4, -0.2) is 59.2 Å². The molecule has 0 N–H and O–H groups in total. The number of amides is 1. The van der Waals surface area contributed by atoms with Crippen LogP contribution in [0.1, 0.15) is 38.5 Å². The van der Waals surface area contributed by atoms with Gasteiger partial charge in [0, 0.05) is 38.6 Å². The number of carbonyl (C=O) groups excluding carboxylic acids is 1. The second-order valence-electron chi connectivity index (χ2n) is 7.40. The van der Waals surface area contributed by atoms with E-state index in [0.29, 0.717) is 13.0 Å². The Balaban J connectivity index is 1.37. The molecule has 0 atom stereocenters. The van der Waals surface area contributed by atoms with E-state index in [1.165, 1.54) is 19.3 Å². The number of carbonyl (C=O) groups is 1. The summed E-state index contributed by atoms with van der Waals surface area (Å²) in [6.45, 7) is 4.10. The Labute approximate surface area is 143 Å². The molecule has 2 saturated heterocycles. The number of anilines is 1. The fourth-order valence-corrected chi connectivity index (χ4v) is 4.03. The van der Waals surface area contributed by atoms with Crippen LogP contribution in [0, 0.1) is 5.92 Å². The summed E-state index contributed by atoms with van der Waals surface area (Å²) in [5, 5.41) is 0. The molecule has 1 aromatic heterocycles. The van der Waals surface area contributed by atoms with Crippen LogP contribution in [0.5, 0.6) is 0 Å². The Hall–Kier alpha value is -1.69. The van der Waals surface area contributed by atoms with Gasteiger partial charge in [-0.15, -0.1) is 0 Å². The zero-order valence-electron chi connectivity index (χ0n) is 14.2. The molecule has 2 aliphatic heterocycles. The predicted molar refractivity (Wildman–Crippen MR) is 90.7 cm³/mol. The van der Waals surface area contributed by atoms with Crippen LogP contribution in [-0.2, 0) is 9.53 Å². The third-order valence-electron chi connectivity index (χ3n) is 5.85. The second-order valence-corrected chi connectivity index (χ2v) is 7.40. The summed E-state index contributed by atoms with van der Waals surface area (Å²) in [5.74, 6) is 1.92. The third kappa shape index (κ3) is 3.24. The maximum absolute atomic E-state index is 12.7. The van der Waals surface area contributed by atoms with Crippen molar-refractivity contribution >= 4 is 11.7 Å². The van der Waals surface area contributed by atoms with Crippen molar-refractivity contribution in [1.29, 1.82) is 0 Å². The Morgan fingerprint density at radius 1 is 1.21 bits per heavy atom. The van der Waals surface area contributed by atoms with Gasteiger partial charge >= 0.3 is 0 Å². The highest BCUT2D eigenvalue weighted by Crippen LogP contribution is 2.34. The molecule has 1 amide bonds. The number of ether oxygens (including phenoxy) is 1. The molecular weight excluding hydrogens is 304 g/mol. The number of aromatic nitrogens is 2. The van der Waals surface area contributed by atoms with Crippen LogP contribution in [0.3, 0.4) is 0 Å². The molecule has 1 spiro atoms. The van der Waals surface area contributed by atoms with Crippen LogP contribution < -0.4 is 4.90 Å². The number of hydrogen-bond acceptors (Lipinski definition) is 5. The molecule has 1 saturated carbocycles. The Kier molecular flexibility index (Phi) is 4.39. The lowest BCUT2D eigenvalue weighted by Crippen LogP contribution is -2.47. The largest absolute Gasteiger partial charge is 0.372 e. The van der Waals surface area contributed by atoms with Crippen LogP contribution >= 0.6 is 0 Å². The van der Waals surface area contributed by atoms with Crippen molar-refractivity contribution in [3.63, 3.8) is 0 Å². The number of rotatable bonds is 3. The van der Waals surface area contributed by atoms with Crippen molar-refractivity contribution in [3.05, 3.63) is 18.6 Å². The summed E-state index contributed by atoms with van der Waals surface area (Å²) in [5.41, 5.74) is -0.274. The smallest absolute Gasteiger partial charge is 0.225 e. The van der Waals surface area contributed by atoms with Gasteiger partial charge in [-0.3, -0.25) is 9.78 Å². The average Bonchev–Trinajstić information content (AvgIpc) is 2.71. The molecule has 1 aromatic rings. The van der Waals surface area contributed by atoms with E-state index in [2.05, 4.69) is 14.9 Å². The molecule has 0 radical (unpaired) electrons. The van der Waals surface area contributed by atoms with E-state index >= 15 is 0 Å². The first-order chi connectivity index (χ1) is 11.7. The Morgan fingerprint density at radius 2 is 2.04 bits per heavy atom. The molecule has 0 unspecified atom stereocenters. The number of hydrogen-bond donors (Lipinski definition) is 0. The van der Waals surface area contributed by atoms with E-state index in [1.54, 1.807) is 18.6 Å². The molecule has 3 fully saturated rings. The fraction of sp³-hybridized carbons (Fsp3) is 0.722. The molecule has 3 heterocycles. The summed E-state index contributed by atoms with van der Waals surface area (Å²) < 4.78 is 6.22. The molecule has 1 aliphatic carbocycles. The first kappa shape index (κ1) is 15.8. The predicted octanol–water partition coefficient (Wildman–Crippen LogP) is 1.86. The van der Waals surface area contributed by atoms with Crippen molar-refractivity contribution in [2.75, 3.05) is 37.7 Å². The normalized spacial score (nSPS) is 24.8. The van der Waals surface area contributed by atoms with Gasteiger partial charge in [-0.05, 0) is 31.6 Å². The van der Waals surface area contributed by atoms with Gasteiger partial charge in [0.1, 0.15) is 5.82 Å². The molecule has 3 aliphatic rings. The number of piperidine rings is 1. The minimum atomic E-state index is -0.274. The van der Waals surface area contributed by atoms with Gasteiger partial charge < -0.3 is 14.5 Å². The van der Waals surface area contributed by atoms with Gasteiger partial charge in [-0.1, -0.05) is 6.42 Å². The summed E-state index contributed by atoms with van der Waals surface area (Å²) in [6.07, 6.45) is 11.4. The first-order valence-electron chi connectivity index (χ1n) is 9.17. The van der Waals surface area contributed by atoms with Gasteiger partial charge in [-0.2, -0.15) is 0 Å². The molecule has 6 heteroatoms. The van der Waals surface area contributed by atoms with E-state index in [1.807, 2.05) is 4.90 Å². The molecule has 0 bridgehead atoms. The lowest BCUT2D eigenvalue weighted by molar-refractivity contribution is -0.135. The molecule has 6 nitrogen and oxygen atoms in total. The zero-order chi connectivity index (χ0) is 16.4. The first-order valence-corrected chi connectivity index (χ1v) is 9.17. The van der Waals surface area contributed by atoms with Crippen LogP contribution in [0.15, 0.2) is 18.6 Å². The summed E-state index contributed by atoms with van der Waals surface area (Å²) in [6, 6.07) is 0. The molecule has 24 heavy (non-hydrogen) atoms. The van der Waals surface area contributed by atoms with Gasteiger partial charge in [0.15, 0.2) is 0 Å². The van der Waals surface area contributed by atoms with E-state index in [0.717, 1.165) is 50.8 Å². The highest BCUT2D eigenvalue weighted by Gasteiger charge is 2.41. The van der Waals surface area contributed by atoms with Crippen molar-refractivity contribution in [2.45, 2.75) is 44.1 Å². The quantitative estimate of drug-likeness (QED) is 0.847. The van der Waals surface area contributed by atoms with Gasteiger partial charge in [0.05, 0.1) is 24.8 Å². The van der Waals surface area contributed by atoms with E-state index in [4.69, 9.17) is 4.74 Å². The summed E-state index contributed by atoms with van der Waals surface area (Å²) in [4.78, 5) is 25.5. The van der Waals surface area contributed by atoms with Crippen LogP contribution in [0.4, 0.5) is 5.82 Å². The Morgan fingerprint density at radius 3 is 2.71 bits per heavy atom. The lowest BCUT2D eigenvalue weighted by Gasteiger charge is -2.40. The molecule has 0 aromatic carbocycles. The SMILES string of the molecule is O=C1CC2(CCN(c3cnccn3)CC2)OCCN1CC1CCC1. The molecule has 130 valence electrons. The van der Waals surface area contributed by atoms with E-state index in [-0.39, 0.29) is 11.5 Å². The lowest BCUT2D eigenvalue weighted by atomic mass is 9.84. The fourth-order valence-electron chi connectivity index (χ4n) is 4.03. The highest BCUT2D eigenvalue weighted by molar-refractivity contribution is 5.77. The average molecular weight is 330 g/mol. The van der Waals surface area contributed by atoms with E-state index < -0.39 is 0 Å². The van der Waals surface area contributed by atoms with Crippen molar-refractivity contribution < 1.29 is 9.53 Å². The third-order valence-corrected chi connectivity index (χ3v) is 5.85. The van der Waals surface area contributed by atoms with Crippen LogP contribution in [0.25, 0.3) is 0 Å². The summed E-state index contributed by atoms with van der Waals surface area (Å²) in [7, 11) is 0. The zero-order valence-corrected chi connectivity index (χ0v) is 14.2. The molecule has 4 rings (SSSR count). The minimum Gasteiger partial charge on any atom is -0.372 e. The standard InChI is InChI=1S/C18H26N4O2/c23-17-12-18(24-11-10-22(17)14-15-2-1-3-15)4-8-21(9-5-18)16-13-19-6-7-20-16/h6-7,13,15H,1-5,8-12,14H2. The van der Waals surface area contributed by atoms with Gasteiger partial charge in [0.25, 0.3) is 0 Å². The second kappa shape index (κ2) is 6.67. The van der Waals surface area contributed by atoms with Crippen molar-refractivity contribution in [3.8, 4) is 0 Å². The Bertz CT molecular complexity index is 568. The maximum atomic E-state index is 12.7. The monoisotopic (exact) mass is 330 g/mol. The maximum Gasteiger partial charge on any atom is 0.225 e. The van der Waals surface area contributed by atoms with Crippen molar-refractivity contribution in [1.82, 2.24) is 14.9 Å². The van der Waals surface area contributed by atoms with Crippen LogP contribution in [0.2, 0.25) is 0 Å². The molecular formula is C18H26N4O2. The highest BCUT2D eigenvalue weighted by atomic mass is 16.5. The van der Waals surface area contributed by atoms with Crippen molar-refractivity contribution in [2.24, 2.45) is 5.92 Å². The summed E-state index contributed by atoms with van der Waals surface area (Å²) >= 11 is 0. The van der Waals surface area contributed by atoms with Gasteiger partial charge in [-0.25, -0.2) is 4.98 Å². The number of nitrogens with zero attached hydrogens (tertiary/aromatic N) is 4. The topological polar surface area (TPSA) is 58.6 Å².